The number of esters is 1. The summed E-state index contributed by atoms with van der Waals surface area (Å²) in [6.07, 6.45) is 1.86. The number of hydrogen-bond donors (Lipinski definition) is 0. The molecule has 2 aromatic rings. The fourth-order valence-electron chi connectivity index (χ4n) is 2.61. The number of carbonyl (C=O) groups excluding carboxylic acids is 2. The van der Waals surface area contributed by atoms with Gasteiger partial charge in [0.1, 0.15) is 0 Å². The second-order valence-electron chi connectivity index (χ2n) is 5.88. The van der Waals surface area contributed by atoms with E-state index in [9.17, 15) is 9.59 Å². The Kier molecular flexibility index (Phi) is 6.70. The first-order valence-corrected chi connectivity index (χ1v) is 10.5. The summed E-state index contributed by atoms with van der Waals surface area (Å²) in [6.45, 7) is 4.50. The van der Waals surface area contributed by atoms with Gasteiger partial charge in [-0.3, -0.25) is 9.69 Å². The number of amides is 1. The fraction of sp³-hybridized carbons (Fsp3) is 0.190. The highest BCUT2D eigenvalue weighted by Crippen LogP contribution is 2.34. The van der Waals surface area contributed by atoms with Gasteiger partial charge in [0, 0.05) is 11.0 Å². The lowest BCUT2D eigenvalue weighted by Crippen LogP contribution is -2.28. The molecule has 5 nitrogen and oxygen atoms in total. The lowest BCUT2D eigenvalue weighted by molar-refractivity contribution is -0.122. The largest absolute Gasteiger partial charge is 0.462 e. The molecule has 3 rings (SSSR count). The van der Waals surface area contributed by atoms with Crippen molar-refractivity contribution < 1.29 is 14.3 Å². The number of aliphatic imine (C=N–C) groups is 1. The van der Waals surface area contributed by atoms with Gasteiger partial charge in [-0.1, -0.05) is 34.1 Å². The molecule has 1 aliphatic heterocycles. The first kappa shape index (κ1) is 20.4. The minimum absolute atomic E-state index is 0.0734. The number of carbonyl (C=O) groups is 2. The van der Waals surface area contributed by atoms with Gasteiger partial charge in [-0.15, -0.1) is 0 Å². The van der Waals surface area contributed by atoms with Gasteiger partial charge in [-0.2, -0.15) is 0 Å². The monoisotopic (exact) mass is 458 g/mol. The molecule has 0 aliphatic carbocycles. The number of hydrogen-bond acceptors (Lipinski definition) is 5. The maximum absolute atomic E-state index is 12.7. The summed E-state index contributed by atoms with van der Waals surface area (Å²) in [7, 11) is 0. The zero-order valence-corrected chi connectivity index (χ0v) is 17.9. The van der Waals surface area contributed by atoms with Crippen molar-refractivity contribution in [3.63, 3.8) is 0 Å². The predicted molar refractivity (Wildman–Crippen MR) is 117 cm³/mol. The van der Waals surface area contributed by atoms with E-state index >= 15 is 0 Å². The zero-order chi connectivity index (χ0) is 20.1. The molecule has 0 saturated carbocycles. The van der Waals surface area contributed by atoms with Crippen LogP contribution >= 0.6 is 27.7 Å². The zero-order valence-electron chi connectivity index (χ0n) is 15.5. The van der Waals surface area contributed by atoms with Crippen LogP contribution in [0.5, 0.6) is 0 Å². The summed E-state index contributed by atoms with van der Waals surface area (Å²) in [5, 5.41) is 0.594. The van der Waals surface area contributed by atoms with E-state index in [0.29, 0.717) is 34.5 Å². The molecule has 1 aliphatic rings. The van der Waals surface area contributed by atoms with Crippen molar-refractivity contribution in [1.29, 1.82) is 0 Å². The van der Waals surface area contributed by atoms with Crippen molar-refractivity contribution in [3.05, 3.63) is 69.0 Å². The van der Waals surface area contributed by atoms with Crippen LogP contribution in [0.3, 0.4) is 0 Å². The van der Waals surface area contributed by atoms with E-state index in [1.54, 1.807) is 36.1 Å². The molecule has 0 unspecified atom stereocenters. The van der Waals surface area contributed by atoms with Crippen LogP contribution in [-0.2, 0) is 9.53 Å². The Bertz CT molecular complexity index is 954. The van der Waals surface area contributed by atoms with Crippen molar-refractivity contribution >= 4 is 56.5 Å². The van der Waals surface area contributed by atoms with Crippen LogP contribution in [0.2, 0.25) is 0 Å². The molecule has 7 heteroatoms. The number of ether oxygens (including phenoxy) is 1. The van der Waals surface area contributed by atoms with Gasteiger partial charge in [0.2, 0.25) is 0 Å². The second kappa shape index (κ2) is 9.21. The van der Waals surface area contributed by atoms with Crippen LogP contribution in [0.15, 0.2) is 62.9 Å². The van der Waals surface area contributed by atoms with Gasteiger partial charge < -0.3 is 4.74 Å². The Hall–Kier alpha value is -2.38. The molecule has 0 N–H and O–H groups in total. The average Bonchev–Trinajstić information content (AvgIpc) is 2.98. The molecule has 1 saturated heterocycles. The minimum Gasteiger partial charge on any atom is -0.462 e. The number of thioether (sulfide) groups is 1. The molecule has 0 bridgehead atoms. The van der Waals surface area contributed by atoms with Crippen molar-refractivity contribution in [2.24, 2.45) is 4.99 Å². The topological polar surface area (TPSA) is 59.0 Å². The Balaban J connectivity index is 1.89. The third-order valence-corrected chi connectivity index (χ3v) is 5.49. The smallest absolute Gasteiger partial charge is 0.338 e. The van der Waals surface area contributed by atoms with Gasteiger partial charge in [-0.25, -0.2) is 9.79 Å². The van der Waals surface area contributed by atoms with Crippen molar-refractivity contribution in [3.8, 4) is 0 Å². The predicted octanol–water partition coefficient (Wildman–Crippen LogP) is 5.25. The van der Waals surface area contributed by atoms with Crippen molar-refractivity contribution in [2.75, 3.05) is 13.2 Å². The summed E-state index contributed by atoms with van der Waals surface area (Å²) in [4.78, 5) is 31.5. The average molecular weight is 459 g/mol. The summed E-state index contributed by atoms with van der Waals surface area (Å²) < 4.78 is 6.02. The molecule has 1 fully saturated rings. The van der Waals surface area contributed by atoms with E-state index in [2.05, 4.69) is 20.9 Å². The van der Waals surface area contributed by atoms with Crippen LogP contribution in [0.4, 0.5) is 5.69 Å². The van der Waals surface area contributed by atoms with E-state index in [4.69, 9.17) is 4.74 Å². The molecular weight excluding hydrogens is 440 g/mol. The number of nitrogens with zero attached hydrogens (tertiary/aromatic N) is 2. The highest BCUT2D eigenvalue weighted by molar-refractivity contribution is 9.10. The number of rotatable bonds is 5. The maximum atomic E-state index is 12.7. The van der Waals surface area contributed by atoms with Crippen LogP contribution < -0.4 is 0 Å². The van der Waals surface area contributed by atoms with E-state index in [-0.39, 0.29) is 11.9 Å². The highest BCUT2D eigenvalue weighted by atomic mass is 79.9. The summed E-state index contributed by atoms with van der Waals surface area (Å²) in [5.41, 5.74) is 1.98. The second-order valence-corrected chi connectivity index (χ2v) is 7.80. The third kappa shape index (κ3) is 4.72. The molecule has 144 valence electrons. The fourth-order valence-corrected chi connectivity index (χ4v) is 3.93. The number of benzene rings is 2. The van der Waals surface area contributed by atoms with E-state index in [0.717, 1.165) is 10.0 Å². The van der Waals surface area contributed by atoms with Crippen LogP contribution in [0.1, 0.15) is 29.8 Å². The first-order chi connectivity index (χ1) is 13.5. The lowest BCUT2D eigenvalue weighted by Gasteiger charge is -2.12. The Morgan fingerprint density at radius 2 is 1.96 bits per heavy atom. The van der Waals surface area contributed by atoms with E-state index < -0.39 is 0 Å². The number of halogens is 1. The normalized spacial score (nSPS) is 16.8. The Morgan fingerprint density at radius 1 is 1.21 bits per heavy atom. The third-order valence-electron chi connectivity index (χ3n) is 3.95. The molecule has 1 amide bonds. The van der Waals surface area contributed by atoms with Crippen molar-refractivity contribution in [1.82, 2.24) is 4.90 Å². The van der Waals surface area contributed by atoms with Gasteiger partial charge in [0.25, 0.3) is 5.91 Å². The SMILES string of the molecule is CCOC(=O)c1cccc(N=C2SC(=Cc3ccc(Br)cc3)C(=O)N2CC)c1. The molecule has 0 aromatic heterocycles. The Labute approximate surface area is 176 Å². The molecular formula is C21H19BrN2O3S. The standard InChI is InChI=1S/C21H19BrN2O3S/c1-3-24-19(25)18(12-14-8-10-16(22)11-9-14)28-21(24)23-17-7-5-6-15(13-17)20(26)27-4-2/h5-13H,3-4H2,1-2H3. The Morgan fingerprint density at radius 3 is 2.64 bits per heavy atom. The summed E-state index contributed by atoms with van der Waals surface area (Å²) >= 11 is 4.74. The minimum atomic E-state index is -0.386. The van der Waals surface area contributed by atoms with Crippen molar-refractivity contribution in [2.45, 2.75) is 13.8 Å². The first-order valence-electron chi connectivity index (χ1n) is 8.84. The maximum Gasteiger partial charge on any atom is 0.338 e. The van der Waals surface area contributed by atoms with E-state index in [1.165, 1.54) is 11.8 Å². The molecule has 0 atom stereocenters. The van der Waals surface area contributed by atoms with Gasteiger partial charge in [-0.05, 0) is 67.6 Å². The molecule has 2 aromatic carbocycles. The molecule has 0 radical (unpaired) electrons. The van der Waals surface area contributed by atoms with Crippen LogP contribution in [0, 0.1) is 0 Å². The summed E-state index contributed by atoms with van der Waals surface area (Å²) in [5.74, 6) is -0.460. The quantitative estimate of drug-likeness (QED) is 0.453. The molecule has 1 heterocycles. The van der Waals surface area contributed by atoms with Gasteiger partial charge in [0.05, 0.1) is 22.8 Å². The lowest BCUT2D eigenvalue weighted by atomic mass is 10.2. The molecule has 0 spiro atoms. The van der Waals surface area contributed by atoms with Crippen LogP contribution in [-0.4, -0.2) is 35.1 Å². The number of likely N-dealkylation sites (N-methyl/N-ethyl adjacent to an activating group) is 1. The van der Waals surface area contributed by atoms with Gasteiger partial charge >= 0.3 is 5.97 Å². The molecule has 28 heavy (non-hydrogen) atoms. The number of amidine groups is 1. The van der Waals surface area contributed by atoms with E-state index in [1.807, 2.05) is 37.3 Å². The van der Waals surface area contributed by atoms with Gasteiger partial charge in [0.15, 0.2) is 5.17 Å². The highest BCUT2D eigenvalue weighted by Gasteiger charge is 2.32. The van der Waals surface area contributed by atoms with Crippen LogP contribution in [0.25, 0.3) is 6.08 Å². The summed E-state index contributed by atoms with van der Waals surface area (Å²) in [6, 6.07) is 14.7.